The highest BCUT2D eigenvalue weighted by Crippen LogP contribution is 2.37. The van der Waals surface area contributed by atoms with Crippen molar-refractivity contribution in [2.45, 2.75) is 52.6 Å². The van der Waals surface area contributed by atoms with Crippen LogP contribution in [0, 0.1) is 5.41 Å². The molecule has 2 rings (SSSR count). The zero-order chi connectivity index (χ0) is 13.6. The Morgan fingerprint density at radius 1 is 1.39 bits per heavy atom. The number of thiophene rings is 1. The Balaban J connectivity index is 2.13. The van der Waals surface area contributed by atoms with E-state index in [1.165, 1.54) is 12.0 Å². The number of hydrogen-bond donors (Lipinski definition) is 1. The van der Waals surface area contributed by atoms with Gasteiger partial charge in [-0.15, -0.1) is 11.3 Å². The first-order valence-corrected chi connectivity index (χ1v) is 7.69. The van der Waals surface area contributed by atoms with E-state index in [9.17, 15) is 0 Å². The molecule has 1 aromatic heterocycles. The first-order chi connectivity index (χ1) is 8.22. The first kappa shape index (κ1) is 14.0. The SMILES string of the molecule is CC1c2ccsc2CCN1CC(C)(C)C(C)(C)N. The molecule has 1 aliphatic rings. The van der Waals surface area contributed by atoms with Crippen LogP contribution in [0.2, 0.25) is 0 Å². The van der Waals surface area contributed by atoms with Gasteiger partial charge in [0.25, 0.3) is 0 Å². The lowest BCUT2D eigenvalue weighted by Crippen LogP contribution is -2.54. The lowest BCUT2D eigenvalue weighted by Gasteiger charge is -2.45. The van der Waals surface area contributed by atoms with Crippen LogP contribution in [-0.2, 0) is 6.42 Å². The van der Waals surface area contributed by atoms with E-state index in [1.807, 2.05) is 11.3 Å². The molecule has 0 radical (unpaired) electrons. The van der Waals surface area contributed by atoms with E-state index >= 15 is 0 Å². The highest BCUT2D eigenvalue weighted by Gasteiger charge is 2.37. The normalized spacial score (nSPS) is 22.0. The molecule has 2 N–H and O–H groups in total. The first-order valence-electron chi connectivity index (χ1n) is 6.81. The molecule has 1 atom stereocenters. The molecule has 2 nitrogen and oxygen atoms in total. The minimum absolute atomic E-state index is 0.120. The van der Waals surface area contributed by atoms with Crippen LogP contribution in [0.5, 0.6) is 0 Å². The molecule has 0 bridgehead atoms. The third-order valence-electron chi connectivity index (χ3n) is 4.75. The fraction of sp³-hybridized carbons (Fsp3) is 0.733. The van der Waals surface area contributed by atoms with Crippen molar-refractivity contribution >= 4 is 11.3 Å². The van der Waals surface area contributed by atoms with E-state index in [0.717, 1.165) is 13.1 Å². The van der Waals surface area contributed by atoms with Gasteiger partial charge in [0.2, 0.25) is 0 Å². The van der Waals surface area contributed by atoms with Crippen LogP contribution in [-0.4, -0.2) is 23.5 Å². The molecule has 0 saturated carbocycles. The monoisotopic (exact) mass is 266 g/mol. The van der Waals surface area contributed by atoms with E-state index in [2.05, 4.69) is 51.0 Å². The van der Waals surface area contributed by atoms with Gasteiger partial charge in [-0.3, -0.25) is 4.90 Å². The summed E-state index contributed by atoms with van der Waals surface area (Å²) in [6.07, 6.45) is 1.19. The molecule has 18 heavy (non-hydrogen) atoms. The highest BCUT2D eigenvalue weighted by molar-refractivity contribution is 7.10. The van der Waals surface area contributed by atoms with Gasteiger partial charge in [0.15, 0.2) is 0 Å². The second-order valence-electron chi connectivity index (χ2n) is 6.80. The summed E-state index contributed by atoms with van der Waals surface area (Å²) in [6.45, 7) is 13.4. The summed E-state index contributed by atoms with van der Waals surface area (Å²) in [4.78, 5) is 4.16. The van der Waals surface area contributed by atoms with E-state index < -0.39 is 0 Å². The number of hydrogen-bond acceptors (Lipinski definition) is 3. The van der Waals surface area contributed by atoms with Gasteiger partial charge in [-0.05, 0) is 49.6 Å². The Labute approximate surface area is 115 Å². The van der Waals surface area contributed by atoms with Crippen molar-refractivity contribution < 1.29 is 0 Å². The Morgan fingerprint density at radius 3 is 2.67 bits per heavy atom. The minimum Gasteiger partial charge on any atom is -0.325 e. The summed E-state index contributed by atoms with van der Waals surface area (Å²) in [5.74, 6) is 0. The standard InChI is InChI=1S/C15H26N2S/c1-11-12-7-9-18-13(12)6-8-17(11)10-14(2,3)15(4,5)16/h7,9,11H,6,8,10,16H2,1-5H3. The summed E-state index contributed by atoms with van der Waals surface area (Å²) in [5.41, 5.74) is 7.82. The maximum absolute atomic E-state index is 6.33. The Kier molecular flexibility index (Phi) is 3.60. The number of nitrogens with two attached hydrogens (primary N) is 1. The number of rotatable bonds is 3. The summed E-state index contributed by atoms with van der Waals surface area (Å²) < 4.78 is 0. The van der Waals surface area contributed by atoms with Crippen molar-refractivity contribution in [1.29, 1.82) is 0 Å². The van der Waals surface area contributed by atoms with Gasteiger partial charge in [-0.25, -0.2) is 0 Å². The van der Waals surface area contributed by atoms with Gasteiger partial charge in [-0.1, -0.05) is 13.8 Å². The molecule has 0 aromatic carbocycles. The summed E-state index contributed by atoms with van der Waals surface area (Å²) >= 11 is 1.90. The van der Waals surface area contributed by atoms with Crippen molar-refractivity contribution in [2.75, 3.05) is 13.1 Å². The van der Waals surface area contributed by atoms with E-state index in [4.69, 9.17) is 5.73 Å². The molecule has 0 aliphatic carbocycles. The maximum Gasteiger partial charge on any atom is 0.0331 e. The van der Waals surface area contributed by atoms with Crippen molar-refractivity contribution in [1.82, 2.24) is 4.90 Å². The van der Waals surface area contributed by atoms with Crippen molar-refractivity contribution in [3.05, 3.63) is 21.9 Å². The van der Waals surface area contributed by atoms with Crippen LogP contribution < -0.4 is 5.73 Å². The molecule has 1 unspecified atom stereocenters. The minimum atomic E-state index is -0.151. The molecule has 0 amide bonds. The van der Waals surface area contributed by atoms with Gasteiger partial charge < -0.3 is 5.73 Å². The lowest BCUT2D eigenvalue weighted by molar-refractivity contribution is 0.0831. The topological polar surface area (TPSA) is 29.3 Å². The molecule has 2 heterocycles. The second kappa shape index (κ2) is 4.62. The van der Waals surface area contributed by atoms with Gasteiger partial charge in [0.1, 0.15) is 0 Å². The second-order valence-corrected chi connectivity index (χ2v) is 7.80. The third-order valence-corrected chi connectivity index (χ3v) is 5.74. The van der Waals surface area contributed by atoms with Crippen LogP contribution in [0.15, 0.2) is 11.4 Å². The largest absolute Gasteiger partial charge is 0.325 e. The van der Waals surface area contributed by atoms with Gasteiger partial charge in [-0.2, -0.15) is 0 Å². The smallest absolute Gasteiger partial charge is 0.0331 e. The van der Waals surface area contributed by atoms with E-state index in [-0.39, 0.29) is 11.0 Å². The molecule has 1 aliphatic heterocycles. The molecule has 3 heteroatoms. The Bertz CT molecular complexity index is 414. The zero-order valence-corrected chi connectivity index (χ0v) is 13.1. The zero-order valence-electron chi connectivity index (χ0n) is 12.3. The van der Waals surface area contributed by atoms with Gasteiger partial charge >= 0.3 is 0 Å². The molecule has 0 fully saturated rings. The number of fused-ring (bicyclic) bond motifs is 1. The fourth-order valence-corrected chi connectivity index (χ4v) is 3.45. The summed E-state index contributed by atoms with van der Waals surface area (Å²) in [6, 6.07) is 2.82. The van der Waals surface area contributed by atoms with Crippen molar-refractivity contribution in [2.24, 2.45) is 11.1 Å². The predicted octanol–water partition coefficient (Wildman–Crippen LogP) is 3.43. The van der Waals surface area contributed by atoms with Gasteiger partial charge in [0, 0.05) is 29.5 Å². The Hall–Kier alpha value is -0.380. The maximum atomic E-state index is 6.33. The Morgan fingerprint density at radius 2 is 2.06 bits per heavy atom. The van der Waals surface area contributed by atoms with Crippen LogP contribution in [0.3, 0.4) is 0 Å². The molecule has 1 aromatic rings. The fourth-order valence-electron chi connectivity index (χ4n) is 2.49. The van der Waals surface area contributed by atoms with Crippen molar-refractivity contribution in [3.63, 3.8) is 0 Å². The van der Waals surface area contributed by atoms with Crippen molar-refractivity contribution in [3.8, 4) is 0 Å². The van der Waals surface area contributed by atoms with Crippen LogP contribution in [0.4, 0.5) is 0 Å². The third kappa shape index (κ3) is 2.49. The van der Waals surface area contributed by atoms with Crippen LogP contribution >= 0.6 is 11.3 Å². The summed E-state index contributed by atoms with van der Waals surface area (Å²) in [7, 11) is 0. The molecular formula is C15H26N2S. The molecule has 0 spiro atoms. The van der Waals surface area contributed by atoms with E-state index in [1.54, 1.807) is 4.88 Å². The average molecular weight is 266 g/mol. The summed E-state index contributed by atoms with van der Waals surface area (Å²) in [5, 5.41) is 2.22. The highest BCUT2D eigenvalue weighted by atomic mass is 32.1. The molecular weight excluding hydrogens is 240 g/mol. The number of nitrogens with zero attached hydrogens (tertiary/aromatic N) is 1. The lowest BCUT2D eigenvalue weighted by atomic mass is 9.74. The van der Waals surface area contributed by atoms with Crippen LogP contribution in [0.1, 0.15) is 51.1 Å². The molecule has 0 saturated heterocycles. The van der Waals surface area contributed by atoms with E-state index in [0.29, 0.717) is 6.04 Å². The van der Waals surface area contributed by atoms with Gasteiger partial charge in [0.05, 0.1) is 0 Å². The van der Waals surface area contributed by atoms with Crippen LogP contribution in [0.25, 0.3) is 0 Å². The average Bonchev–Trinajstić information content (AvgIpc) is 2.69. The molecule has 102 valence electrons. The quantitative estimate of drug-likeness (QED) is 0.908. The predicted molar refractivity (Wildman–Crippen MR) is 80.1 cm³/mol.